The molecule has 2 aromatic rings. The van der Waals surface area contributed by atoms with Crippen LogP contribution in [0.1, 0.15) is 15.9 Å². The maximum absolute atomic E-state index is 12.1. The van der Waals surface area contributed by atoms with Gasteiger partial charge in [-0.05, 0) is 24.6 Å². The molecule has 0 fully saturated rings. The first-order valence-corrected chi connectivity index (χ1v) is 5.94. The number of ketones is 1. The van der Waals surface area contributed by atoms with Gasteiger partial charge in [-0.3, -0.25) is 9.59 Å². The van der Waals surface area contributed by atoms with E-state index in [1.165, 1.54) is 10.6 Å². The van der Waals surface area contributed by atoms with Crippen LogP contribution in [0, 0.1) is 6.92 Å². The second-order valence-corrected chi connectivity index (χ2v) is 4.33. The van der Waals surface area contributed by atoms with Crippen LogP contribution in [0.4, 0.5) is 0 Å². The van der Waals surface area contributed by atoms with E-state index in [9.17, 15) is 9.59 Å². The normalized spacial score (nSPS) is 10.2. The van der Waals surface area contributed by atoms with E-state index < -0.39 is 0 Å². The van der Waals surface area contributed by atoms with Crippen molar-refractivity contribution < 1.29 is 9.53 Å². The highest BCUT2D eigenvalue weighted by Crippen LogP contribution is 2.13. The van der Waals surface area contributed by atoms with Crippen molar-refractivity contribution in [1.82, 2.24) is 4.57 Å². The number of carbonyl (C=O) groups excluding carboxylic acids is 1. The van der Waals surface area contributed by atoms with Crippen LogP contribution in [0.2, 0.25) is 0 Å². The highest BCUT2D eigenvalue weighted by molar-refractivity contribution is 5.96. The zero-order valence-electron chi connectivity index (χ0n) is 10.9. The van der Waals surface area contributed by atoms with E-state index in [4.69, 9.17) is 4.74 Å². The highest BCUT2D eigenvalue weighted by atomic mass is 16.5. The van der Waals surface area contributed by atoms with E-state index >= 15 is 0 Å². The van der Waals surface area contributed by atoms with Gasteiger partial charge in [0.25, 0.3) is 5.56 Å². The van der Waals surface area contributed by atoms with Crippen LogP contribution in [0.15, 0.2) is 47.4 Å². The Kier molecular flexibility index (Phi) is 3.80. The molecule has 0 aliphatic heterocycles. The number of rotatable bonds is 4. The summed E-state index contributed by atoms with van der Waals surface area (Å²) in [5.74, 6) is 0.508. The Morgan fingerprint density at radius 1 is 1.26 bits per heavy atom. The second kappa shape index (κ2) is 5.52. The van der Waals surface area contributed by atoms with Crippen molar-refractivity contribution >= 4 is 5.78 Å². The molecule has 4 nitrogen and oxygen atoms in total. The van der Waals surface area contributed by atoms with E-state index in [0.717, 1.165) is 5.56 Å². The third kappa shape index (κ3) is 3.10. The van der Waals surface area contributed by atoms with Crippen LogP contribution < -0.4 is 10.3 Å². The fourth-order valence-electron chi connectivity index (χ4n) is 1.82. The molecule has 1 aromatic carbocycles. The summed E-state index contributed by atoms with van der Waals surface area (Å²) in [4.78, 5) is 23.8. The van der Waals surface area contributed by atoms with Crippen molar-refractivity contribution in [2.24, 2.45) is 0 Å². The number of pyridine rings is 1. The zero-order chi connectivity index (χ0) is 13.8. The fourth-order valence-corrected chi connectivity index (χ4v) is 1.82. The molecule has 1 aromatic heterocycles. The van der Waals surface area contributed by atoms with Gasteiger partial charge in [-0.1, -0.05) is 18.2 Å². The molecule has 0 saturated heterocycles. The quantitative estimate of drug-likeness (QED) is 0.788. The topological polar surface area (TPSA) is 48.3 Å². The predicted octanol–water partition coefficient (Wildman–Crippen LogP) is 2.05. The van der Waals surface area contributed by atoms with Crippen LogP contribution in [0.25, 0.3) is 0 Å². The van der Waals surface area contributed by atoms with Gasteiger partial charge < -0.3 is 9.30 Å². The highest BCUT2D eigenvalue weighted by Gasteiger charge is 2.08. The molecule has 0 unspecified atom stereocenters. The van der Waals surface area contributed by atoms with Crippen LogP contribution in [-0.4, -0.2) is 17.5 Å². The van der Waals surface area contributed by atoms with Crippen LogP contribution in [0.5, 0.6) is 5.75 Å². The lowest BCUT2D eigenvalue weighted by Crippen LogP contribution is -2.23. The lowest BCUT2D eigenvalue weighted by atomic mass is 10.1. The lowest BCUT2D eigenvalue weighted by molar-refractivity contribution is 0.0970. The monoisotopic (exact) mass is 257 g/mol. The smallest absolute Gasteiger partial charge is 0.250 e. The molecule has 0 atom stereocenters. The summed E-state index contributed by atoms with van der Waals surface area (Å²) in [6.45, 7) is 1.92. The summed E-state index contributed by atoms with van der Waals surface area (Å²) in [5, 5.41) is 0. The van der Waals surface area contributed by atoms with Gasteiger partial charge in [0.05, 0.1) is 13.7 Å². The number of ether oxygens (including phenoxy) is 1. The van der Waals surface area contributed by atoms with Crippen molar-refractivity contribution in [2.75, 3.05) is 7.11 Å². The predicted molar refractivity (Wildman–Crippen MR) is 72.8 cm³/mol. The summed E-state index contributed by atoms with van der Waals surface area (Å²) >= 11 is 0. The number of aryl methyl sites for hydroxylation is 1. The summed E-state index contributed by atoms with van der Waals surface area (Å²) < 4.78 is 6.49. The molecule has 19 heavy (non-hydrogen) atoms. The maximum atomic E-state index is 12.1. The largest absolute Gasteiger partial charge is 0.497 e. The molecule has 4 heteroatoms. The van der Waals surface area contributed by atoms with E-state index in [-0.39, 0.29) is 17.9 Å². The number of hydrogen-bond donors (Lipinski definition) is 0. The Bertz CT molecular complexity index is 658. The lowest BCUT2D eigenvalue weighted by Gasteiger charge is -2.07. The maximum Gasteiger partial charge on any atom is 0.250 e. The van der Waals surface area contributed by atoms with Gasteiger partial charge in [-0.15, -0.1) is 0 Å². The average Bonchev–Trinajstić information content (AvgIpc) is 2.43. The summed E-state index contributed by atoms with van der Waals surface area (Å²) in [7, 11) is 1.55. The molecule has 0 radical (unpaired) electrons. The minimum atomic E-state index is -0.179. The minimum absolute atomic E-state index is 0.0354. The number of benzene rings is 1. The number of carbonyl (C=O) groups is 1. The molecule has 0 aliphatic rings. The molecule has 0 N–H and O–H groups in total. The Labute approximate surface area is 111 Å². The van der Waals surface area contributed by atoms with Crippen molar-refractivity contribution in [1.29, 1.82) is 0 Å². The Morgan fingerprint density at radius 2 is 2.05 bits per heavy atom. The van der Waals surface area contributed by atoms with Crippen molar-refractivity contribution in [2.45, 2.75) is 13.5 Å². The van der Waals surface area contributed by atoms with Crippen molar-refractivity contribution in [3.63, 3.8) is 0 Å². The number of aromatic nitrogens is 1. The molecular weight excluding hydrogens is 242 g/mol. The van der Waals surface area contributed by atoms with Crippen LogP contribution in [-0.2, 0) is 6.54 Å². The molecule has 2 rings (SSSR count). The van der Waals surface area contributed by atoms with E-state index in [0.29, 0.717) is 11.3 Å². The Balaban J connectivity index is 2.25. The molecule has 0 saturated carbocycles. The molecule has 98 valence electrons. The number of nitrogens with zero attached hydrogens (tertiary/aromatic N) is 1. The number of Topliss-reactive ketones (excluding diaryl/α,β-unsaturated/α-hetero) is 1. The van der Waals surface area contributed by atoms with Crippen LogP contribution in [0.3, 0.4) is 0 Å². The number of methoxy groups -OCH3 is 1. The van der Waals surface area contributed by atoms with Gasteiger partial charge in [-0.25, -0.2) is 0 Å². The SMILES string of the molecule is COc1cccc(C(=O)Cn2cc(C)ccc2=O)c1. The Hall–Kier alpha value is -2.36. The van der Waals surface area contributed by atoms with Gasteiger partial charge in [-0.2, -0.15) is 0 Å². The second-order valence-electron chi connectivity index (χ2n) is 4.33. The first-order valence-electron chi connectivity index (χ1n) is 5.94. The van der Waals surface area contributed by atoms with Crippen molar-refractivity contribution in [3.8, 4) is 5.75 Å². The van der Waals surface area contributed by atoms with Crippen LogP contribution >= 0.6 is 0 Å². The van der Waals surface area contributed by atoms with Crippen molar-refractivity contribution in [3.05, 3.63) is 64.1 Å². The van der Waals surface area contributed by atoms with Gasteiger partial charge >= 0.3 is 0 Å². The Morgan fingerprint density at radius 3 is 2.79 bits per heavy atom. The first-order chi connectivity index (χ1) is 9.10. The van der Waals surface area contributed by atoms with Gasteiger partial charge in [0.15, 0.2) is 5.78 Å². The van der Waals surface area contributed by atoms with Gasteiger partial charge in [0, 0.05) is 17.8 Å². The molecule has 0 spiro atoms. The minimum Gasteiger partial charge on any atom is -0.497 e. The standard InChI is InChI=1S/C15H15NO3/c1-11-6-7-15(18)16(9-11)10-14(17)12-4-3-5-13(8-12)19-2/h3-9H,10H2,1-2H3. The van der Waals surface area contributed by atoms with E-state index in [1.54, 1.807) is 43.6 Å². The molecule has 0 bridgehead atoms. The molecular formula is C15H15NO3. The summed E-state index contributed by atoms with van der Waals surface area (Å²) in [6.07, 6.45) is 1.68. The fraction of sp³-hybridized carbons (Fsp3) is 0.200. The molecule has 1 heterocycles. The first kappa shape index (κ1) is 13.1. The average molecular weight is 257 g/mol. The summed E-state index contributed by atoms with van der Waals surface area (Å²) in [6, 6.07) is 10.1. The molecule has 0 amide bonds. The summed E-state index contributed by atoms with van der Waals surface area (Å²) in [5.41, 5.74) is 1.30. The molecule has 0 aliphatic carbocycles. The number of hydrogen-bond acceptors (Lipinski definition) is 3. The third-order valence-electron chi connectivity index (χ3n) is 2.84. The van der Waals surface area contributed by atoms with E-state index in [1.807, 2.05) is 6.92 Å². The van der Waals surface area contributed by atoms with Gasteiger partial charge in [0.1, 0.15) is 5.75 Å². The zero-order valence-corrected chi connectivity index (χ0v) is 10.9. The van der Waals surface area contributed by atoms with Gasteiger partial charge in [0.2, 0.25) is 0 Å². The van der Waals surface area contributed by atoms with E-state index in [2.05, 4.69) is 0 Å². The third-order valence-corrected chi connectivity index (χ3v) is 2.84.